The predicted molar refractivity (Wildman–Crippen MR) is 155 cm³/mol. The number of rotatable bonds is 8. The topological polar surface area (TPSA) is 18.5 Å². The molecule has 0 aliphatic carbocycles. The Labute approximate surface area is 243 Å². The summed E-state index contributed by atoms with van der Waals surface area (Å²) in [5.74, 6) is 0. The average molecular weight is 705 g/mol. The third-order valence-corrected chi connectivity index (χ3v) is 5.73. The van der Waals surface area contributed by atoms with Crippen LogP contribution in [0.2, 0.25) is 0 Å². The van der Waals surface area contributed by atoms with Crippen LogP contribution >= 0.6 is 0 Å². The number of nitrogens with zero attached hydrogens (tertiary/aromatic N) is 2. The number of hydrogen-bond donors (Lipinski definition) is 1. The van der Waals surface area contributed by atoms with E-state index in [1.807, 2.05) is 36.4 Å². The van der Waals surface area contributed by atoms with Crippen molar-refractivity contribution in [3.8, 4) is 0 Å². The summed E-state index contributed by atoms with van der Waals surface area (Å²) in [7, 11) is 0. The number of anilines is 3. The van der Waals surface area contributed by atoms with E-state index < -0.39 is 0 Å². The van der Waals surface area contributed by atoms with Crippen molar-refractivity contribution < 1.29 is 31.1 Å². The van der Waals surface area contributed by atoms with Crippen LogP contribution in [0.1, 0.15) is 34.6 Å². The second kappa shape index (κ2) is 18.8. The van der Waals surface area contributed by atoms with E-state index in [-0.39, 0.29) is 31.1 Å². The molecule has 0 fully saturated rings. The largest absolute Gasteiger partial charge is 3.00 e. The van der Waals surface area contributed by atoms with Crippen LogP contribution in [0.15, 0.2) is 84.9 Å². The molecule has 0 atom stereocenters. The first kappa shape index (κ1) is 31.6. The van der Waals surface area contributed by atoms with Crippen molar-refractivity contribution in [1.29, 1.82) is 0 Å². The number of nitrogens with one attached hydrogen (secondary N) is 1. The van der Waals surface area contributed by atoms with Crippen LogP contribution in [0, 0.1) is 49.3 Å². The zero-order chi connectivity index (χ0) is 25.3. The Morgan fingerprint density at radius 1 is 0.611 bits per heavy atom. The molecule has 0 heterocycles. The molecular formula is C32H40N3U. The predicted octanol–water partition coefficient (Wildman–Crippen LogP) is 7.74. The van der Waals surface area contributed by atoms with Gasteiger partial charge in [0, 0.05) is 32.7 Å². The Balaban J connectivity index is 0.000000268. The molecule has 0 aliphatic rings. The first-order valence-corrected chi connectivity index (χ1v) is 12.7. The van der Waals surface area contributed by atoms with Crippen molar-refractivity contribution >= 4 is 27.8 Å². The summed E-state index contributed by atoms with van der Waals surface area (Å²) >= 11 is 0. The molecule has 4 aromatic rings. The molecule has 0 bridgehead atoms. The van der Waals surface area contributed by atoms with Crippen molar-refractivity contribution in [1.82, 2.24) is 0 Å². The minimum Gasteiger partial charge on any atom is -0.400 e. The van der Waals surface area contributed by atoms with Gasteiger partial charge >= 0.3 is 31.1 Å². The van der Waals surface area contributed by atoms with Crippen LogP contribution < -0.4 is 15.1 Å². The summed E-state index contributed by atoms with van der Waals surface area (Å²) < 4.78 is 0. The Kier molecular flexibility index (Phi) is 16.5. The molecular weight excluding hydrogens is 664 g/mol. The normalized spacial score (nSPS) is 9.58. The van der Waals surface area contributed by atoms with Crippen molar-refractivity contribution in [2.24, 2.45) is 0 Å². The standard InChI is InChI=1S/C12H12N.2C10H14N.U/c1-2-13-12-9-5-7-10-6-3-4-8-11(10)12;2*1-3-11(4-2)10-8-6-5-7-9-10;/h3-6,8-9,13H,2H2,1H3;2*6-9H,3-4H2,1-2H3;/q3*-1;+3. The third-order valence-electron chi connectivity index (χ3n) is 5.73. The molecule has 0 saturated heterocycles. The molecule has 3 nitrogen and oxygen atoms in total. The van der Waals surface area contributed by atoms with Gasteiger partial charge in [0.15, 0.2) is 0 Å². The molecule has 1 N–H and O–H groups in total. The maximum Gasteiger partial charge on any atom is 3.00 e. The number of benzene rings is 4. The first-order chi connectivity index (χ1) is 17.2. The Morgan fingerprint density at radius 2 is 1.08 bits per heavy atom. The van der Waals surface area contributed by atoms with Crippen molar-refractivity contribution in [3.63, 3.8) is 0 Å². The van der Waals surface area contributed by atoms with Gasteiger partial charge in [-0.25, -0.2) is 0 Å². The summed E-state index contributed by atoms with van der Waals surface area (Å²) in [6.45, 7) is 16.0. The van der Waals surface area contributed by atoms with Gasteiger partial charge < -0.3 is 15.1 Å². The smallest absolute Gasteiger partial charge is 0.400 e. The van der Waals surface area contributed by atoms with E-state index in [4.69, 9.17) is 0 Å². The van der Waals surface area contributed by atoms with Gasteiger partial charge in [-0.15, -0.1) is 60.0 Å². The van der Waals surface area contributed by atoms with Gasteiger partial charge in [0.2, 0.25) is 0 Å². The van der Waals surface area contributed by atoms with Gasteiger partial charge in [0.05, 0.1) is 0 Å². The molecule has 0 saturated carbocycles. The molecule has 36 heavy (non-hydrogen) atoms. The first-order valence-electron chi connectivity index (χ1n) is 12.7. The van der Waals surface area contributed by atoms with Crippen LogP contribution in [-0.4, -0.2) is 32.7 Å². The summed E-state index contributed by atoms with van der Waals surface area (Å²) in [6, 6.07) is 37.7. The van der Waals surface area contributed by atoms with E-state index in [1.165, 1.54) is 27.8 Å². The van der Waals surface area contributed by atoms with Gasteiger partial charge in [-0.1, -0.05) is 28.9 Å². The van der Waals surface area contributed by atoms with Gasteiger partial charge in [0.1, 0.15) is 0 Å². The zero-order valence-corrected chi connectivity index (χ0v) is 26.7. The number of fused-ring (bicyclic) bond motifs is 1. The summed E-state index contributed by atoms with van der Waals surface area (Å²) in [4.78, 5) is 4.63. The minimum atomic E-state index is 0. The quantitative estimate of drug-likeness (QED) is 0.190. The SMILES string of the molecule is CCN(CC)c1cc[c-]cc1.CCN(CC)c1cc[c-]cc1.CCNc1cc[c-]c2ccccc12.[U+3]. The van der Waals surface area contributed by atoms with Crippen molar-refractivity contribution in [2.75, 3.05) is 47.8 Å². The van der Waals surface area contributed by atoms with E-state index >= 15 is 0 Å². The van der Waals surface area contributed by atoms with Gasteiger partial charge in [-0.05, 0) is 40.3 Å². The fourth-order valence-electron chi connectivity index (χ4n) is 3.85. The molecule has 0 spiro atoms. The van der Waals surface area contributed by atoms with Crippen molar-refractivity contribution in [2.45, 2.75) is 34.6 Å². The van der Waals surface area contributed by atoms with Crippen LogP contribution in [0.5, 0.6) is 0 Å². The molecule has 4 aromatic carbocycles. The Hall–Kier alpha value is -2.41. The monoisotopic (exact) mass is 704 g/mol. The average Bonchev–Trinajstić information content (AvgIpc) is 2.93. The molecule has 0 aromatic heterocycles. The van der Waals surface area contributed by atoms with E-state index in [0.29, 0.717) is 0 Å². The Morgan fingerprint density at radius 3 is 1.53 bits per heavy atom. The molecule has 0 unspecified atom stereocenters. The Bertz CT molecular complexity index is 1010. The van der Waals surface area contributed by atoms with E-state index in [1.54, 1.807) is 0 Å². The third kappa shape index (κ3) is 10.3. The van der Waals surface area contributed by atoms with Crippen LogP contribution in [0.3, 0.4) is 0 Å². The maximum absolute atomic E-state index is 3.33. The van der Waals surface area contributed by atoms with Gasteiger partial charge in [-0.2, -0.15) is 36.4 Å². The van der Waals surface area contributed by atoms with Crippen molar-refractivity contribution in [3.05, 3.63) is 103 Å². The minimum absolute atomic E-state index is 0. The fourth-order valence-corrected chi connectivity index (χ4v) is 3.85. The maximum atomic E-state index is 3.33. The van der Waals surface area contributed by atoms with E-state index in [2.05, 4.69) is 116 Å². The molecule has 1 radical (unpaired) electrons. The van der Waals surface area contributed by atoms with Crippen LogP contribution in [-0.2, 0) is 0 Å². The van der Waals surface area contributed by atoms with Gasteiger partial charge in [0.25, 0.3) is 0 Å². The van der Waals surface area contributed by atoms with Crippen LogP contribution in [0.25, 0.3) is 10.8 Å². The van der Waals surface area contributed by atoms with E-state index in [9.17, 15) is 0 Å². The second-order valence-electron chi connectivity index (χ2n) is 7.83. The molecule has 4 heteroatoms. The fraction of sp³-hybridized carbons (Fsp3) is 0.312. The number of hydrogen-bond acceptors (Lipinski definition) is 3. The summed E-state index contributed by atoms with van der Waals surface area (Å²) in [5.41, 5.74) is 3.76. The van der Waals surface area contributed by atoms with Crippen LogP contribution in [0.4, 0.5) is 17.1 Å². The van der Waals surface area contributed by atoms with E-state index in [0.717, 1.165) is 32.7 Å². The second-order valence-corrected chi connectivity index (χ2v) is 7.83. The molecule has 0 aliphatic heterocycles. The summed E-state index contributed by atoms with van der Waals surface area (Å²) in [5, 5.41) is 5.74. The summed E-state index contributed by atoms with van der Waals surface area (Å²) in [6.07, 6.45) is 0. The molecule has 187 valence electrons. The molecule has 4 rings (SSSR count). The zero-order valence-electron chi connectivity index (χ0n) is 22.5. The molecule has 0 amide bonds. The van der Waals surface area contributed by atoms with Gasteiger partial charge in [-0.3, -0.25) is 0 Å².